The number of imide groups is 1. The quantitative estimate of drug-likeness (QED) is 0.595. The molecule has 2 aliphatic carbocycles. The van der Waals surface area contributed by atoms with E-state index in [4.69, 9.17) is 0 Å². The van der Waals surface area contributed by atoms with Crippen molar-refractivity contribution in [1.82, 2.24) is 9.97 Å². The minimum Gasteiger partial charge on any atom is -0.274 e. The molecule has 1 aromatic heterocycles. The third-order valence-corrected chi connectivity index (χ3v) is 7.45. The highest BCUT2D eigenvalue weighted by molar-refractivity contribution is 7.92. The molecule has 0 radical (unpaired) electrons. The molecule has 2 heterocycles. The molecule has 1 saturated heterocycles. The number of aromatic nitrogens is 2. The first-order valence-corrected chi connectivity index (χ1v) is 11.2. The minimum atomic E-state index is -3.88. The van der Waals surface area contributed by atoms with Gasteiger partial charge < -0.3 is 0 Å². The monoisotopic (exact) mass is 424 g/mol. The number of nitrogens with zero attached hydrogens (tertiary/aromatic N) is 3. The van der Waals surface area contributed by atoms with Crippen molar-refractivity contribution in [2.45, 2.75) is 25.2 Å². The van der Waals surface area contributed by atoms with Crippen molar-refractivity contribution < 1.29 is 18.0 Å². The van der Waals surface area contributed by atoms with Crippen LogP contribution in [0.3, 0.4) is 0 Å². The SMILES string of the molecule is Cc1cc(NS(=O)(=O)c2ccc(N3C(=O)[C@@H]4[C@H](C3=O)[C@H]3C=C[C@@H]4C3)cc2)nc(C)n1. The van der Waals surface area contributed by atoms with Crippen molar-refractivity contribution in [3.8, 4) is 0 Å². The van der Waals surface area contributed by atoms with Crippen molar-refractivity contribution in [2.75, 3.05) is 9.62 Å². The summed E-state index contributed by atoms with van der Waals surface area (Å²) in [6.07, 6.45) is 4.95. The number of hydrogen-bond acceptors (Lipinski definition) is 6. The van der Waals surface area contributed by atoms with E-state index < -0.39 is 10.0 Å². The van der Waals surface area contributed by atoms with E-state index in [1.165, 1.54) is 29.2 Å². The molecule has 30 heavy (non-hydrogen) atoms. The van der Waals surface area contributed by atoms with Crippen LogP contribution >= 0.6 is 0 Å². The van der Waals surface area contributed by atoms with Gasteiger partial charge in [-0.1, -0.05) is 12.2 Å². The van der Waals surface area contributed by atoms with Crippen LogP contribution in [0.2, 0.25) is 0 Å². The predicted octanol–water partition coefficient (Wildman–Crippen LogP) is 2.21. The van der Waals surface area contributed by atoms with Crippen LogP contribution in [0.4, 0.5) is 11.5 Å². The molecular formula is C21H20N4O4S. The Kier molecular flexibility index (Phi) is 4.08. The highest BCUT2D eigenvalue weighted by atomic mass is 32.2. The Morgan fingerprint density at radius 2 is 1.57 bits per heavy atom. The number of aryl methyl sites for hydroxylation is 2. The van der Waals surface area contributed by atoms with Crippen molar-refractivity contribution >= 4 is 33.3 Å². The van der Waals surface area contributed by atoms with Gasteiger partial charge in [0.2, 0.25) is 11.8 Å². The second-order valence-corrected chi connectivity index (χ2v) is 9.74. The maximum atomic E-state index is 12.9. The molecule has 2 fully saturated rings. The molecule has 1 aliphatic heterocycles. The number of nitrogens with one attached hydrogen (secondary N) is 1. The van der Waals surface area contributed by atoms with Crippen molar-refractivity contribution in [2.24, 2.45) is 23.7 Å². The van der Waals surface area contributed by atoms with Gasteiger partial charge in [-0.2, -0.15) is 0 Å². The molecular weight excluding hydrogens is 404 g/mol. The summed E-state index contributed by atoms with van der Waals surface area (Å²) < 4.78 is 27.9. The smallest absolute Gasteiger partial charge is 0.263 e. The Labute approximate surface area is 174 Å². The topological polar surface area (TPSA) is 109 Å². The molecule has 2 amide bonds. The van der Waals surface area contributed by atoms with Crippen molar-refractivity contribution in [3.05, 3.63) is 54.0 Å². The Balaban J connectivity index is 1.39. The van der Waals surface area contributed by atoms with E-state index in [0.717, 1.165) is 6.42 Å². The molecule has 1 aromatic carbocycles. The van der Waals surface area contributed by atoms with Crippen LogP contribution in [0.15, 0.2) is 47.4 Å². The zero-order valence-corrected chi connectivity index (χ0v) is 17.3. The van der Waals surface area contributed by atoms with E-state index in [9.17, 15) is 18.0 Å². The molecule has 9 heteroatoms. The number of fused-ring (bicyclic) bond motifs is 5. The zero-order chi connectivity index (χ0) is 21.2. The van der Waals surface area contributed by atoms with Crippen molar-refractivity contribution in [3.63, 3.8) is 0 Å². The molecule has 5 rings (SSSR count). The molecule has 8 nitrogen and oxygen atoms in total. The highest BCUT2D eigenvalue weighted by Gasteiger charge is 2.59. The van der Waals surface area contributed by atoms with Gasteiger partial charge in [0.15, 0.2) is 0 Å². The van der Waals surface area contributed by atoms with Gasteiger partial charge in [0.05, 0.1) is 22.4 Å². The van der Waals surface area contributed by atoms with E-state index in [1.54, 1.807) is 19.9 Å². The largest absolute Gasteiger partial charge is 0.274 e. The number of rotatable bonds is 4. The maximum Gasteiger partial charge on any atom is 0.263 e. The number of hydrogen-bond donors (Lipinski definition) is 1. The number of carbonyl (C=O) groups excluding carboxylic acids is 2. The van der Waals surface area contributed by atoms with Gasteiger partial charge in [0.25, 0.3) is 10.0 Å². The minimum absolute atomic E-state index is 0.0150. The lowest BCUT2D eigenvalue weighted by atomic mass is 9.85. The van der Waals surface area contributed by atoms with E-state index in [1.807, 2.05) is 12.2 Å². The first kappa shape index (κ1) is 18.9. The van der Waals surface area contributed by atoms with Gasteiger partial charge in [-0.15, -0.1) is 0 Å². The molecule has 2 aromatic rings. The Hall–Kier alpha value is -3.07. The molecule has 0 unspecified atom stereocenters. The Morgan fingerprint density at radius 3 is 2.13 bits per heavy atom. The van der Waals surface area contributed by atoms with E-state index in [-0.39, 0.29) is 46.2 Å². The normalized spacial score (nSPS) is 27.1. The predicted molar refractivity (Wildman–Crippen MR) is 109 cm³/mol. The lowest BCUT2D eigenvalue weighted by Crippen LogP contribution is -2.32. The number of amides is 2. The molecule has 1 N–H and O–H groups in total. The summed E-state index contributed by atoms with van der Waals surface area (Å²) in [4.78, 5) is 35.2. The van der Waals surface area contributed by atoms with E-state index in [2.05, 4.69) is 14.7 Å². The second-order valence-electron chi connectivity index (χ2n) is 8.05. The van der Waals surface area contributed by atoms with Crippen LogP contribution in [-0.2, 0) is 19.6 Å². The number of benzene rings is 1. The van der Waals surface area contributed by atoms with Gasteiger partial charge in [-0.05, 0) is 56.4 Å². The summed E-state index contributed by atoms with van der Waals surface area (Å²) in [6.45, 7) is 3.43. The lowest BCUT2D eigenvalue weighted by molar-refractivity contribution is -0.123. The molecule has 1 saturated carbocycles. The Bertz CT molecular complexity index is 1160. The first-order chi connectivity index (χ1) is 14.2. The summed E-state index contributed by atoms with van der Waals surface area (Å²) in [5.74, 6) is -0.0586. The van der Waals surface area contributed by atoms with Crippen LogP contribution in [-0.4, -0.2) is 30.2 Å². The van der Waals surface area contributed by atoms with E-state index >= 15 is 0 Å². The summed E-state index contributed by atoms with van der Waals surface area (Å²) in [5, 5.41) is 0. The maximum absolute atomic E-state index is 12.9. The summed E-state index contributed by atoms with van der Waals surface area (Å²) >= 11 is 0. The number of sulfonamides is 1. The van der Waals surface area contributed by atoms with Gasteiger partial charge in [0.1, 0.15) is 11.6 Å². The zero-order valence-electron chi connectivity index (χ0n) is 16.4. The lowest BCUT2D eigenvalue weighted by Gasteiger charge is -2.17. The molecule has 4 atom stereocenters. The average molecular weight is 424 g/mol. The fourth-order valence-electron chi connectivity index (χ4n) is 4.90. The van der Waals surface area contributed by atoms with Gasteiger partial charge in [-0.3, -0.25) is 19.2 Å². The van der Waals surface area contributed by atoms with Crippen LogP contribution in [0, 0.1) is 37.5 Å². The van der Waals surface area contributed by atoms with E-state index in [0.29, 0.717) is 17.2 Å². The van der Waals surface area contributed by atoms with Gasteiger partial charge >= 0.3 is 0 Å². The second kappa shape index (κ2) is 6.46. The molecule has 154 valence electrons. The van der Waals surface area contributed by atoms with Gasteiger partial charge in [0, 0.05) is 11.8 Å². The third-order valence-electron chi connectivity index (χ3n) is 6.08. The van der Waals surface area contributed by atoms with Crippen LogP contribution < -0.4 is 9.62 Å². The van der Waals surface area contributed by atoms with Crippen LogP contribution in [0.1, 0.15) is 17.9 Å². The summed E-state index contributed by atoms with van der Waals surface area (Å²) in [6, 6.07) is 7.32. The standard InChI is InChI=1S/C21H20N4O4S/c1-11-9-17(23-12(2)22-11)24-30(28,29)16-7-5-15(6-8-16)25-20(26)18-13-3-4-14(10-13)19(18)21(25)27/h3-9,13-14,18-19H,10H2,1-2H3,(H,22,23,24)/t13-,14+,18+,19-. The summed E-state index contributed by atoms with van der Waals surface area (Å²) in [5.41, 5.74) is 1.04. The Morgan fingerprint density at radius 1 is 0.967 bits per heavy atom. The number of carbonyl (C=O) groups is 2. The average Bonchev–Trinajstić information content (AvgIpc) is 3.34. The number of allylic oxidation sites excluding steroid dienone is 2. The molecule has 2 bridgehead atoms. The highest BCUT2D eigenvalue weighted by Crippen LogP contribution is 2.53. The fourth-order valence-corrected chi connectivity index (χ4v) is 5.89. The van der Waals surface area contributed by atoms with Crippen molar-refractivity contribution in [1.29, 1.82) is 0 Å². The summed E-state index contributed by atoms with van der Waals surface area (Å²) in [7, 11) is -3.88. The fraction of sp³-hybridized carbons (Fsp3) is 0.333. The number of anilines is 2. The van der Waals surface area contributed by atoms with Gasteiger partial charge in [-0.25, -0.2) is 18.4 Å². The third kappa shape index (κ3) is 2.84. The molecule has 0 spiro atoms. The van der Waals surface area contributed by atoms with Crippen LogP contribution in [0.5, 0.6) is 0 Å². The van der Waals surface area contributed by atoms with Crippen LogP contribution in [0.25, 0.3) is 0 Å². The molecule has 3 aliphatic rings. The first-order valence-electron chi connectivity index (χ1n) is 9.76.